The van der Waals surface area contributed by atoms with E-state index in [1.54, 1.807) is 13.0 Å². The Hall–Kier alpha value is -1.89. The number of aliphatic carboxylic acids is 1. The summed E-state index contributed by atoms with van der Waals surface area (Å²) in [6.45, 7) is 1.78. The van der Waals surface area contributed by atoms with Crippen LogP contribution in [-0.4, -0.2) is 38.2 Å². The zero-order valence-electron chi connectivity index (χ0n) is 14.0. The molecule has 1 fully saturated rings. The number of sulfone groups is 1. The Morgan fingerprint density at radius 1 is 1.21 bits per heavy atom. The van der Waals surface area contributed by atoms with Crippen LogP contribution in [0.5, 0.6) is 0 Å². The molecular weight excluding hydrogens is 330 g/mol. The molecule has 1 saturated carbocycles. The number of carboxylic acid groups (broad SMARTS) is 1. The van der Waals surface area contributed by atoms with Crippen LogP contribution in [0.1, 0.15) is 48.0 Å². The van der Waals surface area contributed by atoms with Crippen molar-refractivity contribution in [3.05, 3.63) is 29.3 Å². The highest BCUT2D eigenvalue weighted by molar-refractivity contribution is 7.90. The fourth-order valence-electron chi connectivity index (χ4n) is 3.12. The maximum Gasteiger partial charge on any atom is 0.311 e. The second-order valence-electron chi connectivity index (χ2n) is 6.58. The highest BCUT2D eigenvalue weighted by Crippen LogP contribution is 2.36. The minimum absolute atomic E-state index is 0.0592. The summed E-state index contributed by atoms with van der Waals surface area (Å²) in [5.41, 5.74) is -0.0156. The van der Waals surface area contributed by atoms with Crippen LogP contribution in [0, 0.1) is 12.3 Å². The Balaban J connectivity index is 2.19. The van der Waals surface area contributed by atoms with Crippen molar-refractivity contribution in [2.75, 3.05) is 12.8 Å². The molecule has 1 aromatic carbocycles. The number of carbonyl (C=O) groups is 2. The van der Waals surface area contributed by atoms with Gasteiger partial charge in [-0.25, -0.2) is 8.42 Å². The van der Waals surface area contributed by atoms with Gasteiger partial charge in [-0.2, -0.15) is 0 Å². The van der Waals surface area contributed by atoms with Crippen LogP contribution in [0.25, 0.3) is 0 Å². The Morgan fingerprint density at radius 3 is 2.38 bits per heavy atom. The molecule has 0 spiro atoms. The molecule has 0 heterocycles. The molecule has 0 unspecified atom stereocenters. The summed E-state index contributed by atoms with van der Waals surface area (Å²) < 4.78 is 23.3. The lowest BCUT2D eigenvalue weighted by Gasteiger charge is -2.33. The van der Waals surface area contributed by atoms with E-state index in [9.17, 15) is 23.1 Å². The predicted molar refractivity (Wildman–Crippen MR) is 89.8 cm³/mol. The van der Waals surface area contributed by atoms with Crippen LogP contribution >= 0.6 is 0 Å². The molecule has 2 N–H and O–H groups in total. The first kappa shape index (κ1) is 18.4. The van der Waals surface area contributed by atoms with E-state index >= 15 is 0 Å². The number of hydrogen-bond acceptors (Lipinski definition) is 4. The van der Waals surface area contributed by atoms with E-state index in [2.05, 4.69) is 5.32 Å². The Morgan fingerprint density at radius 2 is 1.83 bits per heavy atom. The molecule has 0 radical (unpaired) electrons. The molecule has 0 bridgehead atoms. The van der Waals surface area contributed by atoms with Crippen molar-refractivity contribution in [3.63, 3.8) is 0 Å². The smallest absolute Gasteiger partial charge is 0.311 e. The molecule has 1 aliphatic carbocycles. The van der Waals surface area contributed by atoms with Gasteiger partial charge < -0.3 is 10.4 Å². The summed E-state index contributed by atoms with van der Waals surface area (Å²) in [6, 6.07) is 4.38. The van der Waals surface area contributed by atoms with Crippen LogP contribution < -0.4 is 5.32 Å². The van der Waals surface area contributed by atoms with Crippen LogP contribution in [0.4, 0.5) is 0 Å². The molecule has 132 valence electrons. The predicted octanol–water partition coefficient (Wildman–Crippen LogP) is 2.16. The molecule has 0 saturated heterocycles. The lowest BCUT2D eigenvalue weighted by molar-refractivity contribution is -0.150. The lowest BCUT2D eigenvalue weighted by Crippen LogP contribution is -2.44. The normalized spacial score (nSPS) is 17.2. The first-order valence-corrected chi connectivity index (χ1v) is 9.87. The van der Waals surface area contributed by atoms with Crippen molar-refractivity contribution in [2.24, 2.45) is 5.41 Å². The summed E-state index contributed by atoms with van der Waals surface area (Å²) in [6.07, 6.45) is 4.87. The number of rotatable bonds is 5. The molecule has 6 nitrogen and oxygen atoms in total. The van der Waals surface area contributed by atoms with E-state index in [0.29, 0.717) is 18.4 Å². The van der Waals surface area contributed by atoms with E-state index in [1.165, 1.54) is 12.1 Å². The van der Waals surface area contributed by atoms with Gasteiger partial charge in [0.2, 0.25) is 0 Å². The molecule has 1 aliphatic rings. The number of carboxylic acids is 1. The van der Waals surface area contributed by atoms with Crippen LogP contribution in [0.2, 0.25) is 0 Å². The summed E-state index contributed by atoms with van der Waals surface area (Å²) in [5, 5.41) is 12.2. The number of aryl methyl sites for hydroxylation is 1. The second-order valence-corrected chi connectivity index (χ2v) is 8.59. The Bertz CT molecular complexity index is 748. The van der Waals surface area contributed by atoms with E-state index in [0.717, 1.165) is 25.5 Å². The topological polar surface area (TPSA) is 101 Å². The quantitative estimate of drug-likeness (QED) is 0.845. The maximum atomic E-state index is 12.5. The first-order valence-electron chi connectivity index (χ1n) is 7.98. The minimum atomic E-state index is -3.41. The number of benzene rings is 1. The van der Waals surface area contributed by atoms with Crippen molar-refractivity contribution >= 4 is 21.7 Å². The van der Waals surface area contributed by atoms with E-state index in [4.69, 9.17) is 0 Å². The highest BCUT2D eigenvalue weighted by atomic mass is 32.2. The SMILES string of the molecule is Cc1ccc(S(C)(=O)=O)cc1C(=O)NCC1(C(=O)O)CCCCC1. The summed E-state index contributed by atoms with van der Waals surface area (Å²) in [5.74, 6) is -1.33. The van der Waals surface area contributed by atoms with Gasteiger partial charge in [-0.15, -0.1) is 0 Å². The molecule has 0 aliphatic heterocycles. The molecule has 1 aromatic rings. The van der Waals surface area contributed by atoms with Crippen molar-refractivity contribution in [1.82, 2.24) is 5.32 Å². The van der Waals surface area contributed by atoms with Gasteiger partial charge in [-0.3, -0.25) is 9.59 Å². The molecule has 24 heavy (non-hydrogen) atoms. The fraction of sp³-hybridized carbons (Fsp3) is 0.529. The van der Waals surface area contributed by atoms with Gasteiger partial charge in [0.25, 0.3) is 5.91 Å². The third-order valence-corrected chi connectivity index (χ3v) is 5.84. The Labute approximate surface area is 142 Å². The zero-order chi connectivity index (χ0) is 18.0. The largest absolute Gasteiger partial charge is 0.481 e. The average Bonchev–Trinajstić information content (AvgIpc) is 2.52. The zero-order valence-corrected chi connectivity index (χ0v) is 14.8. The van der Waals surface area contributed by atoms with E-state index < -0.39 is 27.1 Å². The highest BCUT2D eigenvalue weighted by Gasteiger charge is 2.39. The standard InChI is InChI=1S/C17H23NO5S/c1-12-6-7-13(24(2,22)23)10-14(12)15(19)18-11-17(16(20)21)8-4-3-5-9-17/h6-7,10H,3-5,8-9,11H2,1-2H3,(H,18,19)(H,20,21). The van der Waals surface area contributed by atoms with Crippen molar-refractivity contribution in [1.29, 1.82) is 0 Å². The summed E-state index contributed by atoms with van der Waals surface area (Å²) >= 11 is 0. The maximum absolute atomic E-state index is 12.5. The fourth-order valence-corrected chi connectivity index (χ4v) is 3.76. The van der Waals surface area contributed by atoms with Crippen LogP contribution in [0.3, 0.4) is 0 Å². The molecular formula is C17H23NO5S. The molecule has 1 amide bonds. The first-order chi connectivity index (χ1) is 11.2. The van der Waals surface area contributed by atoms with Gasteiger partial charge >= 0.3 is 5.97 Å². The molecule has 2 rings (SSSR count). The van der Waals surface area contributed by atoms with Crippen molar-refractivity contribution < 1.29 is 23.1 Å². The lowest BCUT2D eigenvalue weighted by atomic mass is 9.74. The van der Waals surface area contributed by atoms with Crippen molar-refractivity contribution in [2.45, 2.75) is 43.9 Å². The summed E-state index contributed by atoms with van der Waals surface area (Å²) in [4.78, 5) is 24.2. The third kappa shape index (κ3) is 3.95. The average molecular weight is 353 g/mol. The van der Waals surface area contributed by atoms with Crippen molar-refractivity contribution in [3.8, 4) is 0 Å². The van der Waals surface area contributed by atoms with E-state index in [1.807, 2.05) is 0 Å². The molecule has 7 heteroatoms. The Kier molecular flexibility index (Phi) is 5.32. The van der Waals surface area contributed by atoms with E-state index in [-0.39, 0.29) is 17.0 Å². The van der Waals surface area contributed by atoms with Crippen LogP contribution in [0.15, 0.2) is 23.1 Å². The minimum Gasteiger partial charge on any atom is -0.481 e. The molecule has 0 aromatic heterocycles. The monoisotopic (exact) mass is 353 g/mol. The number of carbonyl (C=O) groups excluding carboxylic acids is 1. The van der Waals surface area contributed by atoms with Gasteiger partial charge in [0.15, 0.2) is 9.84 Å². The van der Waals surface area contributed by atoms with Gasteiger partial charge in [0.1, 0.15) is 0 Å². The van der Waals surface area contributed by atoms with Gasteiger partial charge in [0.05, 0.1) is 10.3 Å². The number of amides is 1. The third-order valence-electron chi connectivity index (χ3n) is 4.73. The van der Waals surface area contributed by atoms with Gasteiger partial charge in [0, 0.05) is 18.4 Å². The summed E-state index contributed by atoms with van der Waals surface area (Å²) in [7, 11) is -3.41. The number of nitrogens with one attached hydrogen (secondary N) is 1. The van der Waals surface area contributed by atoms with Crippen LogP contribution in [-0.2, 0) is 14.6 Å². The molecule has 0 atom stereocenters. The van der Waals surface area contributed by atoms with Gasteiger partial charge in [-0.1, -0.05) is 25.3 Å². The number of hydrogen-bond donors (Lipinski definition) is 2. The second kappa shape index (κ2) is 6.93. The van der Waals surface area contributed by atoms with Gasteiger partial charge in [-0.05, 0) is 37.5 Å².